The predicted octanol–water partition coefficient (Wildman–Crippen LogP) is 3.50. The minimum absolute atomic E-state index is 1.02. The summed E-state index contributed by atoms with van der Waals surface area (Å²) in [5.41, 5.74) is 2.41. The zero-order valence-electron chi connectivity index (χ0n) is 11.5. The van der Waals surface area contributed by atoms with Crippen molar-refractivity contribution in [1.82, 2.24) is 9.88 Å². The first-order valence-electron chi connectivity index (χ1n) is 7.15. The van der Waals surface area contributed by atoms with Gasteiger partial charge in [0.2, 0.25) is 0 Å². The standard InChI is InChI=1S/C15H21N3S/c1-12-5-6-13-14(11-12)19-15(17-13)16-7-4-10-18-8-2-3-9-18/h5-6,11H,2-4,7-10H2,1H3,(H,16,17). The number of rotatable bonds is 5. The lowest BCUT2D eigenvalue weighted by molar-refractivity contribution is 0.337. The van der Waals surface area contributed by atoms with E-state index in [0.717, 1.165) is 17.2 Å². The molecule has 1 aliphatic heterocycles. The van der Waals surface area contributed by atoms with Crippen molar-refractivity contribution in [2.24, 2.45) is 0 Å². The van der Waals surface area contributed by atoms with Crippen molar-refractivity contribution in [2.75, 3.05) is 31.5 Å². The zero-order chi connectivity index (χ0) is 13.1. The summed E-state index contributed by atoms with van der Waals surface area (Å²) in [6.45, 7) is 6.95. The van der Waals surface area contributed by atoms with Gasteiger partial charge in [0, 0.05) is 6.54 Å². The molecular weight excluding hydrogens is 254 g/mol. The smallest absolute Gasteiger partial charge is 0.183 e. The molecule has 0 aliphatic carbocycles. The fourth-order valence-corrected chi connectivity index (χ4v) is 3.60. The van der Waals surface area contributed by atoms with Gasteiger partial charge < -0.3 is 10.2 Å². The Hall–Kier alpha value is -1.13. The van der Waals surface area contributed by atoms with Gasteiger partial charge in [-0.25, -0.2) is 4.98 Å². The van der Waals surface area contributed by atoms with E-state index < -0.39 is 0 Å². The van der Waals surface area contributed by atoms with Crippen LogP contribution in [0.15, 0.2) is 18.2 Å². The van der Waals surface area contributed by atoms with E-state index >= 15 is 0 Å². The maximum atomic E-state index is 4.62. The molecule has 1 aromatic heterocycles. The monoisotopic (exact) mass is 275 g/mol. The van der Waals surface area contributed by atoms with Crippen molar-refractivity contribution < 1.29 is 0 Å². The molecule has 1 aliphatic rings. The fourth-order valence-electron chi connectivity index (χ4n) is 2.61. The minimum Gasteiger partial charge on any atom is -0.361 e. The Balaban J connectivity index is 1.50. The van der Waals surface area contributed by atoms with E-state index in [0.29, 0.717) is 0 Å². The van der Waals surface area contributed by atoms with Crippen LogP contribution in [0, 0.1) is 6.92 Å². The molecule has 3 nitrogen and oxygen atoms in total. The van der Waals surface area contributed by atoms with E-state index in [1.54, 1.807) is 11.3 Å². The van der Waals surface area contributed by atoms with Gasteiger partial charge in [-0.1, -0.05) is 17.4 Å². The van der Waals surface area contributed by atoms with Crippen LogP contribution in [0.5, 0.6) is 0 Å². The Morgan fingerprint density at radius 2 is 2.16 bits per heavy atom. The van der Waals surface area contributed by atoms with E-state index in [1.807, 2.05) is 0 Å². The molecule has 0 unspecified atom stereocenters. The second-order valence-corrected chi connectivity index (χ2v) is 6.35. The van der Waals surface area contributed by atoms with Crippen molar-refractivity contribution in [2.45, 2.75) is 26.2 Å². The second-order valence-electron chi connectivity index (χ2n) is 5.32. The van der Waals surface area contributed by atoms with E-state index in [-0.39, 0.29) is 0 Å². The lowest BCUT2D eigenvalue weighted by atomic mass is 10.2. The van der Waals surface area contributed by atoms with Crippen LogP contribution in [-0.2, 0) is 0 Å². The van der Waals surface area contributed by atoms with Crippen molar-refractivity contribution in [3.8, 4) is 0 Å². The van der Waals surface area contributed by atoms with Gasteiger partial charge in [0.25, 0.3) is 0 Å². The highest BCUT2D eigenvalue weighted by atomic mass is 32.1. The molecule has 0 spiro atoms. The molecule has 0 radical (unpaired) electrons. The van der Waals surface area contributed by atoms with Crippen molar-refractivity contribution in [3.05, 3.63) is 23.8 Å². The molecule has 3 rings (SSSR count). The normalized spacial score (nSPS) is 16.3. The topological polar surface area (TPSA) is 28.2 Å². The molecule has 19 heavy (non-hydrogen) atoms. The van der Waals surface area contributed by atoms with Crippen molar-refractivity contribution in [3.63, 3.8) is 0 Å². The summed E-state index contributed by atoms with van der Waals surface area (Å²) < 4.78 is 1.28. The van der Waals surface area contributed by atoms with Crippen LogP contribution in [0.3, 0.4) is 0 Å². The van der Waals surface area contributed by atoms with Crippen LogP contribution in [0.25, 0.3) is 10.2 Å². The van der Waals surface area contributed by atoms with E-state index in [4.69, 9.17) is 0 Å². The van der Waals surface area contributed by atoms with Gasteiger partial charge in [-0.05, 0) is 63.5 Å². The molecule has 1 fully saturated rings. The number of benzene rings is 1. The second kappa shape index (κ2) is 5.88. The predicted molar refractivity (Wildman–Crippen MR) is 83.1 cm³/mol. The summed E-state index contributed by atoms with van der Waals surface area (Å²) in [7, 11) is 0. The highest BCUT2D eigenvalue weighted by Gasteiger charge is 2.10. The summed E-state index contributed by atoms with van der Waals surface area (Å²) in [5.74, 6) is 0. The SMILES string of the molecule is Cc1ccc2nc(NCCCN3CCCC3)sc2c1. The third-order valence-electron chi connectivity index (χ3n) is 3.67. The van der Waals surface area contributed by atoms with Gasteiger partial charge in [-0.2, -0.15) is 0 Å². The Morgan fingerprint density at radius 1 is 1.32 bits per heavy atom. The molecule has 1 saturated heterocycles. The Bertz CT molecular complexity index is 543. The van der Waals surface area contributed by atoms with Crippen LogP contribution in [0.2, 0.25) is 0 Å². The van der Waals surface area contributed by atoms with E-state index in [9.17, 15) is 0 Å². The molecule has 0 amide bonds. The van der Waals surface area contributed by atoms with Gasteiger partial charge in [-0.15, -0.1) is 0 Å². The summed E-state index contributed by atoms with van der Waals surface area (Å²) >= 11 is 1.76. The molecule has 2 heterocycles. The summed E-state index contributed by atoms with van der Waals surface area (Å²) in [5, 5.41) is 4.52. The van der Waals surface area contributed by atoms with Crippen LogP contribution >= 0.6 is 11.3 Å². The van der Waals surface area contributed by atoms with Gasteiger partial charge in [0.1, 0.15) is 0 Å². The minimum atomic E-state index is 1.02. The number of likely N-dealkylation sites (tertiary alicyclic amines) is 1. The fraction of sp³-hybridized carbons (Fsp3) is 0.533. The number of aryl methyl sites for hydroxylation is 1. The Morgan fingerprint density at radius 3 is 3.00 bits per heavy atom. The summed E-state index contributed by atoms with van der Waals surface area (Å²) in [6.07, 6.45) is 3.96. The average molecular weight is 275 g/mol. The quantitative estimate of drug-likeness (QED) is 0.847. The molecule has 102 valence electrons. The average Bonchev–Trinajstić information content (AvgIpc) is 3.02. The molecule has 4 heteroatoms. The first-order chi connectivity index (χ1) is 9.31. The van der Waals surface area contributed by atoms with Crippen molar-refractivity contribution in [1.29, 1.82) is 0 Å². The van der Waals surface area contributed by atoms with Gasteiger partial charge in [-0.3, -0.25) is 0 Å². The van der Waals surface area contributed by atoms with Crippen molar-refractivity contribution >= 4 is 26.7 Å². The number of aromatic nitrogens is 1. The number of nitrogens with zero attached hydrogens (tertiary/aromatic N) is 2. The van der Waals surface area contributed by atoms with Gasteiger partial charge in [0.15, 0.2) is 5.13 Å². The highest BCUT2D eigenvalue weighted by molar-refractivity contribution is 7.22. The van der Waals surface area contributed by atoms with Gasteiger partial charge in [0.05, 0.1) is 10.2 Å². The van der Waals surface area contributed by atoms with Crippen LogP contribution in [0.4, 0.5) is 5.13 Å². The largest absolute Gasteiger partial charge is 0.361 e. The molecule has 0 saturated carbocycles. The summed E-state index contributed by atoms with van der Waals surface area (Å²) in [4.78, 5) is 7.18. The first-order valence-corrected chi connectivity index (χ1v) is 7.96. The molecule has 1 aromatic carbocycles. The van der Waals surface area contributed by atoms with Crippen LogP contribution in [-0.4, -0.2) is 36.1 Å². The Kier molecular flexibility index (Phi) is 3.99. The molecule has 0 atom stereocenters. The van der Waals surface area contributed by atoms with Crippen LogP contribution < -0.4 is 5.32 Å². The van der Waals surface area contributed by atoms with E-state index in [2.05, 4.69) is 40.3 Å². The molecule has 0 bridgehead atoms. The number of thiazole rings is 1. The van der Waals surface area contributed by atoms with E-state index in [1.165, 1.54) is 49.2 Å². The summed E-state index contributed by atoms with van der Waals surface area (Å²) in [6, 6.07) is 6.44. The number of nitrogens with one attached hydrogen (secondary N) is 1. The lowest BCUT2D eigenvalue weighted by Crippen LogP contribution is -2.22. The van der Waals surface area contributed by atoms with Crippen LogP contribution in [0.1, 0.15) is 24.8 Å². The zero-order valence-corrected chi connectivity index (χ0v) is 12.3. The Labute approximate surface area is 118 Å². The number of hydrogen-bond donors (Lipinski definition) is 1. The third kappa shape index (κ3) is 3.25. The molecule has 2 aromatic rings. The maximum absolute atomic E-state index is 4.62. The molecular formula is C15H21N3S. The lowest BCUT2D eigenvalue weighted by Gasteiger charge is -2.13. The molecule has 1 N–H and O–H groups in total. The number of hydrogen-bond acceptors (Lipinski definition) is 4. The first kappa shape index (κ1) is 12.9. The number of fused-ring (bicyclic) bond motifs is 1. The maximum Gasteiger partial charge on any atom is 0.183 e. The van der Waals surface area contributed by atoms with Gasteiger partial charge >= 0.3 is 0 Å². The third-order valence-corrected chi connectivity index (χ3v) is 4.65. The number of anilines is 1. The highest BCUT2D eigenvalue weighted by Crippen LogP contribution is 2.26.